The summed E-state index contributed by atoms with van der Waals surface area (Å²) in [6, 6.07) is 21.6. The molecule has 0 spiro atoms. The highest BCUT2D eigenvalue weighted by molar-refractivity contribution is 5.96. The quantitative estimate of drug-likeness (QED) is 0.317. The van der Waals surface area contributed by atoms with Crippen molar-refractivity contribution in [2.45, 2.75) is 31.4 Å². The number of halogens is 2. The van der Waals surface area contributed by atoms with E-state index < -0.39 is 22.6 Å². The second kappa shape index (κ2) is 9.14. The molecule has 1 aliphatic heterocycles. The van der Waals surface area contributed by atoms with Crippen molar-refractivity contribution in [2.75, 3.05) is 18.2 Å². The van der Waals surface area contributed by atoms with Crippen LogP contribution in [0.1, 0.15) is 51.1 Å². The number of hydrogen-bond acceptors (Lipinski definition) is 4. The molecule has 1 unspecified atom stereocenters. The van der Waals surface area contributed by atoms with Gasteiger partial charge in [0, 0.05) is 30.8 Å². The van der Waals surface area contributed by atoms with Gasteiger partial charge in [-0.2, -0.15) is 0 Å². The second-order valence-corrected chi connectivity index (χ2v) is 11.5. The Morgan fingerprint density at radius 1 is 0.905 bits per heavy atom. The van der Waals surface area contributed by atoms with Gasteiger partial charge in [-0.3, -0.25) is 19.3 Å². The third kappa shape index (κ3) is 3.54. The van der Waals surface area contributed by atoms with Crippen LogP contribution < -0.4 is 15.2 Å². The van der Waals surface area contributed by atoms with Crippen LogP contribution in [0, 0.1) is 17.6 Å². The Bertz CT molecular complexity index is 1860. The first-order valence-electron chi connectivity index (χ1n) is 14.2. The highest BCUT2D eigenvalue weighted by atomic mass is 19.2. The molecule has 4 aliphatic rings. The monoisotopic (exact) mass is 563 g/mol. The maximum atomic E-state index is 15.4. The zero-order chi connectivity index (χ0) is 28.6. The molecule has 1 amide bonds. The molecule has 0 bridgehead atoms. The van der Waals surface area contributed by atoms with Crippen molar-refractivity contribution < 1.29 is 18.3 Å². The van der Waals surface area contributed by atoms with E-state index >= 15 is 4.39 Å². The molecule has 6 nitrogen and oxygen atoms in total. The molecule has 3 aromatic carbocycles. The van der Waals surface area contributed by atoms with Crippen molar-refractivity contribution in [3.8, 4) is 5.75 Å². The van der Waals surface area contributed by atoms with E-state index in [0.717, 1.165) is 35.1 Å². The van der Waals surface area contributed by atoms with Crippen molar-refractivity contribution in [3.05, 3.63) is 140 Å². The summed E-state index contributed by atoms with van der Waals surface area (Å²) in [7, 11) is 0. The fourth-order valence-corrected chi connectivity index (χ4v) is 6.89. The first-order chi connectivity index (χ1) is 20.5. The van der Waals surface area contributed by atoms with Crippen LogP contribution in [0.15, 0.2) is 89.4 Å². The van der Waals surface area contributed by atoms with Crippen LogP contribution in [0.2, 0.25) is 0 Å². The van der Waals surface area contributed by atoms with Crippen LogP contribution in [-0.2, 0) is 18.6 Å². The maximum Gasteiger partial charge on any atom is 0.277 e. The lowest BCUT2D eigenvalue weighted by Crippen LogP contribution is -2.62. The molecule has 8 rings (SSSR count). The number of fused-ring (bicyclic) bond motifs is 6. The first-order valence-corrected chi connectivity index (χ1v) is 14.2. The lowest BCUT2D eigenvalue weighted by atomic mass is 9.83. The molecule has 1 saturated carbocycles. The Kier molecular flexibility index (Phi) is 5.45. The SMILES string of the molecule is O=C1c2c(OCc3ccccc3)c(=O)ccn2N(C23C(=Cc4ccccc42)Cc2c3ccc(F)c2F)CN1CC1CC1. The van der Waals surface area contributed by atoms with Crippen LogP contribution in [0.3, 0.4) is 0 Å². The number of ether oxygens (including phenoxy) is 1. The van der Waals surface area contributed by atoms with Gasteiger partial charge in [-0.25, -0.2) is 8.78 Å². The van der Waals surface area contributed by atoms with Crippen molar-refractivity contribution >= 4 is 12.0 Å². The Labute approximate surface area is 241 Å². The summed E-state index contributed by atoms with van der Waals surface area (Å²) in [5.74, 6) is -1.65. The Morgan fingerprint density at radius 2 is 1.69 bits per heavy atom. The van der Waals surface area contributed by atoms with Gasteiger partial charge in [-0.05, 0) is 52.7 Å². The van der Waals surface area contributed by atoms with E-state index in [9.17, 15) is 14.0 Å². The summed E-state index contributed by atoms with van der Waals surface area (Å²) in [6.07, 6.45) is 5.95. The summed E-state index contributed by atoms with van der Waals surface area (Å²) in [5, 5.41) is 2.03. The first kappa shape index (κ1) is 25.0. The van der Waals surface area contributed by atoms with Gasteiger partial charge >= 0.3 is 0 Å². The van der Waals surface area contributed by atoms with E-state index in [4.69, 9.17) is 4.74 Å². The molecule has 3 aliphatic carbocycles. The van der Waals surface area contributed by atoms with Crippen LogP contribution in [0.5, 0.6) is 5.75 Å². The van der Waals surface area contributed by atoms with Gasteiger partial charge in [-0.15, -0.1) is 0 Å². The summed E-state index contributed by atoms with van der Waals surface area (Å²) < 4.78 is 37.7. The minimum absolute atomic E-state index is 0.0198. The molecule has 2 heterocycles. The predicted octanol–water partition coefficient (Wildman–Crippen LogP) is 5.36. The number of rotatable bonds is 6. The van der Waals surface area contributed by atoms with Crippen LogP contribution >= 0.6 is 0 Å². The molecule has 4 aromatic rings. The minimum Gasteiger partial charge on any atom is -0.482 e. The van der Waals surface area contributed by atoms with Gasteiger partial charge in [0.1, 0.15) is 18.8 Å². The highest BCUT2D eigenvalue weighted by Crippen LogP contribution is 2.56. The van der Waals surface area contributed by atoms with Gasteiger partial charge < -0.3 is 9.64 Å². The van der Waals surface area contributed by atoms with E-state index in [1.807, 2.05) is 65.7 Å². The standard InChI is InChI=1S/C34H27F2N3O3/c35-28-13-12-27-25(30(28)36)17-24-16-23-8-4-5-9-26(23)34(24,27)39-20-37(18-21-10-11-21)33(41)31-32(29(40)14-15-38(31)39)42-19-22-6-2-1-3-7-22/h1-9,12-16,21H,10-11,17-20H2. The molecule has 0 saturated heterocycles. The number of carbonyl (C=O) groups excluding carboxylic acids is 1. The van der Waals surface area contributed by atoms with E-state index in [2.05, 4.69) is 0 Å². The lowest BCUT2D eigenvalue weighted by Gasteiger charge is -2.49. The largest absolute Gasteiger partial charge is 0.482 e. The van der Waals surface area contributed by atoms with Gasteiger partial charge in [0.15, 0.2) is 23.1 Å². The zero-order valence-corrected chi connectivity index (χ0v) is 22.7. The number of hydrogen-bond donors (Lipinski definition) is 0. The predicted molar refractivity (Wildman–Crippen MR) is 154 cm³/mol. The van der Waals surface area contributed by atoms with E-state index in [1.165, 1.54) is 12.1 Å². The minimum atomic E-state index is -1.01. The van der Waals surface area contributed by atoms with Crippen molar-refractivity contribution in [2.24, 2.45) is 5.92 Å². The van der Waals surface area contributed by atoms with Crippen molar-refractivity contribution in [3.63, 3.8) is 0 Å². The average Bonchev–Trinajstić information content (AvgIpc) is 3.68. The number of carbonyl (C=O) groups is 1. The van der Waals surface area contributed by atoms with E-state index in [1.54, 1.807) is 21.8 Å². The smallest absolute Gasteiger partial charge is 0.277 e. The third-order valence-electron chi connectivity index (χ3n) is 8.98. The van der Waals surface area contributed by atoms with Crippen LogP contribution in [0.25, 0.3) is 6.08 Å². The van der Waals surface area contributed by atoms with Gasteiger partial charge in [0.05, 0.1) is 0 Å². The molecule has 1 atom stereocenters. The van der Waals surface area contributed by atoms with Crippen LogP contribution in [0.4, 0.5) is 8.78 Å². The number of nitrogens with zero attached hydrogens (tertiary/aromatic N) is 3. The summed E-state index contributed by atoms with van der Waals surface area (Å²) in [5.41, 5.74) is 3.34. The van der Waals surface area contributed by atoms with Crippen molar-refractivity contribution in [1.29, 1.82) is 0 Å². The van der Waals surface area contributed by atoms with Gasteiger partial charge in [0.2, 0.25) is 5.43 Å². The average molecular weight is 564 g/mol. The van der Waals surface area contributed by atoms with Crippen molar-refractivity contribution in [1.82, 2.24) is 9.58 Å². The normalized spacial score (nSPS) is 20.1. The summed E-state index contributed by atoms with van der Waals surface area (Å²) >= 11 is 0. The van der Waals surface area contributed by atoms with Gasteiger partial charge in [0.25, 0.3) is 5.91 Å². The number of benzene rings is 3. The fourth-order valence-electron chi connectivity index (χ4n) is 6.89. The third-order valence-corrected chi connectivity index (χ3v) is 8.98. The number of aromatic nitrogens is 1. The molecule has 8 heteroatoms. The molecular formula is C34H27F2N3O3. The molecular weight excluding hydrogens is 536 g/mol. The Balaban J connectivity index is 1.36. The molecule has 210 valence electrons. The zero-order valence-electron chi connectivity index (χ0n) is 22.7. The highest BCUT2D eigenvalue weighted by Gasteiger charge is 2.56. The summed E-state index contributed by atoms with van der Waals surface area (Å²) in [4.78, 5) is 29.2. The topological polar surface area (TPSA) is 54.8 Å². The van der Waals surface area contributed by atoms with Crippen LogP contribution in [-0.4, -0.2) is 28.7 Å². The maximum absolute atomic E-state index is 15.4. The molecule has 0 N–H and O–H groups in total. The lowest BCUT2D eigenvalue weighted by molar-refractivity contribution is 0.0655. The number of amides is 1. The molecule has 0 radical (unpaired) electrons. The fraction of sp³-hybridized carbons (Fsp3) is 0.235. The van der Waals surface area contributed by atoms with E-state index in [0.29, 0.717) is 23.6 Å². The number of pyridine rings is 1. The second-order valence-electron chi connectivity index (χ2n) is 11.5. The molecule has 42 heavy (non-hydrogen) atoms. The summed E-state index contributed by atoms with van der Waals surface area (Å²) in [6.45, 7) is 0.862. The molecule has 1 fully saturated rings. The molecule has 1 aromatic heterocycles. The van der Waals surface area contributed by atoms with Gasteiger partial charge in [-0.1, -0.05) is 66.7 Å². The Hall–Kier alpha value is -4.72. The Morgan fingerprint density at radius 3 is 2.50 bits per heavy atom. The van der Waals surface area contributed by atoms with E-state index in [-0.39, 0.29) is 37.0 Å².